The molecule has 0 aliphatic rings. The third-order valence-corrected chi connectivity index (χ3v) is 3.17. The maximum Gasteiger partial charge on any atom is 0.412 e. The summed E-state index contributed by atoms with van der Waals surface area (Å²) >= 11 is 0. The van der Waals surface area contributed by atoms with Gasteiger partial charge in [-0.1, -0.05) is 0 Å². The average molecular weight is 309 g/mol. The Bertz CT molecular complexity index is 835. The Kier molecular flexibility index (Phi) is 3.73. The van der Waals surface area contributed by atoms with Crippen LogP contribution in [0.3, 0.4) is 0 Å². The van der Waals surface area contributed by atoms with Gasteiger partial charge in [0.1, 0.15) is 5.60 Å². The fourth-order valence-corrected chi connectivity index (χ4v) is 2.30. The van der Waals surface area contributed by atoms with Gasteiger partial charge in [-0.25, -0.2) is 14.8 Å². The Morgan fingerprint density at radius 1 is 1.26 bits per heavy atom. The molecule has 2 aromatic heterocycles. The second kappa shape index (κ2) is 5.72. The first kappa shape index (κ1) is 15.0. The van der Waals surface area contributed by atoms with E-state index >= 15 is 0 Å². The first-order valence-electron chi connectivity index (χ1n) is 7.23. The van der Waals surface area contributed by atoms with Crippen LogP contribution in [0.5, 0.6) is 0 Å². The zero-order valence-corrected chi connectivity index (χ0v) is 13.2. The largest absolute Gasteiger partial charge is 0.444 e. The lowest BCUT2D eigenvalue weighted by Gasteiger charge is -2.20. The number of carbonyl (C=O) groups excluding carboxylic acids is 1. The van der Waals surface area contributed by atoms with Crippen molar-refractivity contribution in [2.24, 2.45) is 0 Å². The normalized spacial score (nSPS) is 11.4. The number of carbonyl (C=O) groups is 1. The Morgan fingerprint density at radius 2 is 2.09 bits per heavy atom. The molecule has 0 atom stereocenters. The molecule has 0 fully saturated rings. The minimum absolute atomic E-state index is 0.483. The monoisotopic (exact) mass is 309 g/mol. The van der Waals surface area contributed by atoms with E-state index in [0.717, 1.165) is 22.2 Å². The summed E-state index contributed by atoms with van der Waals surface area (Å²) < 4.78 is 5.30. The van der Waals surface area contributed by atoms with Gasteiger partial charge in [-0.05, 0) is 45.0 Å². The molecule has 1 radical (unpaired) electrons. The lowest BCUT2D eigenvalue weighted by molar-refractivity contribution is 0.0636. The SMILES string of the molecule is CC(C)(C)OC(=O)Nc1ccc(-c2ccn[c]n2)c2[nH]ccc12. The lowest BCUT2D eigenvalue weighted by Crippen LogP contribution is -2.27. The van der Waals surface area contributed by atoms with Gasteiger partial charge in [-0.3, -0.25) is 5.32 Å². The van der Waals surface area contributed by atoms with Crippen molar-refractivity contribution in [2.45, 2.75) is 26.4 Å². The van der Waals surface area contributed by atoms with E-state index in [1.807, 2.05) is 51.2 Å². The highest BCUT2D eigenvalue weighted by Crippen LogP contribution is 2.31. The molecule has 1 amide bonds. The molecule has 1 aromatic carbocycles. The number of rotatable bonds is 2. The fraction of sp³-hybridized carbons (Fsp3) is 0.235. The number of aromatic amines is 1. The van der Waals surface area contributed by atoms with Crippen LogP contribution in [-0.4, -0.2) is 26.6 Å². The number of fused-ring (bicyclic) bond motifs is 1. The molecule has 2 N–H and O–H groups in total. The summed E-state index contributed by atoms with van der Waals surface area (Å²) in [6, 6.07) is 7.43. The van der Waals surface area contributed by atoms with Gasteiger partial charge < -0.3 is 9.72 Å². The van der Waals surface area contributed by atoms with Crippen LogP contribution in [0.1, 0.15) is 20.8 Å². The number of nitrogens with zero attached hydrogens (tertiary/aromatic N) is 2. The number of benzene rings is 1. The molecular weight excluding hydrogens is 292 g/mol. The molecule has 3 aromatic rings. The Morgan fingerprint density at radius 3 is 2.78 bits per heavy atom. The van der Waals surface area contributed by atoms with Crippen LogP contribution in [0.15, 0.2) is 36.7 Å². The van der Waals surface area contributed by atoms with Crippen LogP contribution in [-0.2, 0) is 4.74 Å². The van der Waals surface area contributed by atoms with Crippen LogP contribution in [0, 0.1) is 6.33 Å². The molecule has 6 nitrogen and oxygen atoms in total. The fourth-order valence-electron chi connectivity index (χ4n) is 2.30. The second-order valence-electron chi connectivity index (χ2n) is 6.10. The topological polar surface area (TPSA) is 79.9 Å². The number of H-pyrrole nitrogens is 1. The standard InChI is InChI=1S/C17H17N4O2/c1-17(2,3)23-16(22)21-14-5-4-11(13-7-8-18-10-20-13)15-12(14)6-9-19-15/h4-9,19H,1-3H3,(H,21,22). The summed E-state index contributed by atoms with van der Waals surface area (Å²) in [5.41, 5.74) is 2.69. The molecule has 3 rings (SSSR count). The smallest absolute Gasteiger partial charge is 0.412 e. The van der Waals surface area contributed by atoms with Crippen LogP contribution >= 0.6 is 0 Å². The van der Waals surface area contributed by atoms with Crippen molar-refractivity contribution < 1.29 is 9.53 Å². The van der Waals surface area contributed by atoms with E-state index in [9.17, 15) is 4.79 Å². The van der Waals surface area contributed by atoms with Gasteiger partial charge in [0, 0.05) is 23.3 Å². The summed E-state index contributed by atoms with van der Waals surface area (Å²) in [6.45, 7) is 5.48. The Labute approximate surface area is 133 Å². The molecular formula is C17H17N4O2. The molecule has 0 spiro atoms. The van der Waals surface area contributed by atoms with E-state index in [1.54, 1.807) is 6.20 Å². The molecule has 0 bridgehead atoms. The zero-order valence-electron chi connectivity index (χ0n) is 13.2. The quantitative estimate of drug-likeness (QED) is 0.755. The van der Waals surface area contributed by atoms with E-state index < -0.39 is 11.7 Å². The third-order valence-electron chi connectivity index (χ3n) is 3.17. The van der Waals surface area contributed by atoms with Crippen molar-refractivity contribution in [3.63, 3.8) is 0 Å². The van der Waals surface area contributed by atoms with E-state index in [4.69, 9.17) is 4.74 Å². The number of ether oxygens (including phenoxy) is 1. The van der Waals surface area contributed by atoms with Crippen molar-refractivity contribution in [1.82, 2.24) is 15.0 Å². The number of anilines is 1. The first-order chi connectivity index (χ1) is 10.9. The van der Waals surface area contributed by atoms with Gasteiger partial charge in [-0.15, -0.1) is 0 Å². The van der Waals surface area contributed by atoms with E-state index in [0.29, 0.717) is 5.69 Å². The van der Waals surface area contributed by atoms with Gasteiger partial charge in [-0.2, -0.15) is 0 Å². The molecule has 2 heterocycles. The van der Waals surface area contributed by atoms with Crippen molar-refractivity contribution in [2.75, 3.05) is 5.32 Å². The van der Waals surface area contributed by atoms with E-state index in [2.05, 4.69) is 26.6 Å². The number of hydrogen-bond donors (Lipinski definition) is 2. The van der Waals surface area contributed by atoms with Crippen LogP contribution in [0.4, 0.5) is 10.5 Å². The van der Waals surface area contributed by atoms with Gasteiger partial charge in [0.05, 0.1) is 16.9 Å². The van der Waals surface area contributed by atoms with Crippen LogP contribution in [0.2, 0.25) is 0 Å². The number of aromatic nitrogens is 3. The Hall–Kier alpha value is -2.89. The summed E-state index contributed by atoms with van der Waals surface area (Å²) in [5, 5.41) is 3.67. The molecule has 0 unspecified atom stereocenters. The average Bonchev–Trinajstić information content (AvgIpc) is 2.96. The first-order valence-corrected chi connectivity index (χ1v) is 7.23. The highest BCUT2D eigenvalue weighted by atomic mass is 16.6. The van der Waals surface area contributed by atoms with Gasteiger partial charge in [0.2, 0.25) is 0 Å². The maximum absolute atomic E-state index is 12.0. The molecule has 0 aliphatic heterocycles. The van der Waals surface area contributed by atoms with Gasteiger partial charge in [0.15, 0.2) is 6.33 Å². The van der Waals surface area contributed by atoms with Crippen molar-refractivity contribution in [3.05, 3.63) is 43.0 Å². The highest BCUT2D eigenvalue weighted by molar-refractivity contribution is 6.04. The zero-order chi connectivity index (χ0) is 16.4. The van der Waals surface area contributed by atoms with Crippen molar-refractivity contribution in [1.29, 1.82) is 0 Å². The minimum Gasteiger partial charge on any atom is -0.444 e. The van der Waals surface area contributed by atoms with E-state index in [1.165, 1.54) is 0 Å². The molecule has 0 saturated carbocycles. The second-order valence-corrected chi connectivity index (χ2v) is 6.10. The maximum atomic E-state index is 12.0. The Balaban J connectivity index is 1.96. The van der Waals surface area contributed by atoms with Crippen molar-refractivity contribution in [3.8, 4) is 11.3 Å². The van der Waals surface area contributed by atoms with E-state index in [-0.39, 0.29) is 0 Å². The number of nitrogens with one attached hydrogen (secondary N) is 2. The van der Waals surface area contributed by atoms with Crippen LogP contribution in [0.25, 0.3) is 22.2 Å². The molecule has 117 valence electrons. The van der Waals surface area contributed by atoms with Gasteiger partial charge >= 0.3 is 6.09 Å². The van der Waals surface area contributed by atoms with Gasteiger partial charge in [0.25, 0.3) is 0 Å². The number of hydrogen-bond acceptors (Lipinski definition) is 4. The summed E-state index contributed by atoms with van der Waals surface area (Å²) in [5.74, 6) is 0. The predicted molar refractivity (Wildman–Crippen MR) is 88.0 cm³/mol. The highest BCUT2D eigenvalue weighted by Gasteiger charge is 2.18. The molecule has 23 heavy (non-hydrogen) atoms. The summed E-state index contributed by atoms with van der Waals surface area (Å²) in [7, 11) is 0. The van der Waals surface area contributed by atoms with Crippen molar-refractivity contribution >= 4 is 22.7 Å². The molecule has 0 saturated heterocycles. The predicted octanol–water partition coefficient (Wildman–Crippen LogP) is 3.77. The molecule has 6 heteroatoms. The van der Waals surface area contributed by atoms with Crippen LogP contribution < -0.4 is 5.32 Å². The summed E-state index contributed by atoms with van der Waals surface area (Å²) in [4.78, 5) is 23.1. The molecule has 0 aliphatic carbocycles. The summed E-state index contributed by atoms with van der Waals surface area (Å²) in [6.07, 6.45) is 5.56. The third kappa shape index (κ3) is 3.31. The lowest BCUT2D eigenvalue weighted by atomic mass is 10.1. The minimum atomic E-state index is -0.544. The number of amides is 1.